The minimum atomic E-state index is -0.498. The smallest absolute Gasteiger partial charge is 0.323 e. The van der Waals surface area contributed by atoms with Gasteiger partial charge in [-0.1, -0.05) is 0 Å². The van der Waals surface area contributed by atoms with E-state index in [0.29, 0.717) is 58.2 Å². The average molecular weight is 1170 g/mol. The fourth-order valence-electron chi connectivity index (χ4n) is 11.4. The van der Waals surface area contributed by atoms with E-state index in [-0.39, 0.29) is 73.5 Å². The van der Waals surface area contributed by atoms with Crippen LogP contribution in [0.4, 0.5) is 56.1 Å². The predicted octanol–water partition coefficient (Wildman–Crippen LogP) is 5.83. The highest BCUT2D eigenvalue weighted by Crippen LogP contribution is 2.33. The highest BCUT2D eigenvalue weighted by molar-refractivity contribution is 6.00. The number of pyridine rings is 2. The lowest BCUT2D eigenvalue weighted by Gasteiger charge is -2.34. The molecule has 6 saturated heterocycles. The molecule has 26 nitrogen and oxygen atoms in total. The van der Waals surface area contributed by atoms with Crippen LogP contribution in [0, 0.1) is 0 Å². The Morgan fingerprint density at radius 1 is 0.477 bits per heavy atom. The first-order valence-corrected chi connectivity index (χ1v) is 29.6. The molecule has 6 aromatic rings. The van der Waals surface area contributed by atoms with Crippen LogP contribution >= 0.6 is 0 Å². The van der Waals surface area contributed by atoms with Crippen molar-refractivity contribution in [1.29, 1.82) is 0 Å². The van der Waals surface area contributed by atoms with Gasteiger partial charge >= 0.3 is 18.0 Å². The molecule has 6 aliphatic heterocycles. The van der Waals surface area contributed by atoms with Crippen LogP contribution in [0.5, 0.6) is 0 Å². The molecule has 452 valence electrons. The van der Waals surface area contributed by atoms with Crippen LogP contribution in [0.15, 0.2) is 97.6 Å². The topological polar surface area (TPSA) is 310 Å². The van der Waals surface area contributed by atoms with Gasteiger partial charge in [-0.2, -0.15) is 29.9 Å². The number of hydrogen-bond acceptors (Lipinski definition) is 21. The number of carbonyl (C=O) groups excluding carboxylic acids is 4. The van der Waals surface area contributed by atoms with Crippen LogP contribution in [-0.2, 0) is 23.8 Å². The summed E-state index contributed by atoms with van der Waals surface area (Å²) in [6, 6.07) is 21.6. The number of nitrogens with two attached hydrogens (primary N) is 1. The first-order chi connectivity index (χ1) is 41.6. The number of rotatable bonds is 16. The van der Waals surface area contributed by atoms with Gasteiger partial charge in [-0.3, -0.25) is 19.6 Å². The van der Waals surface area contributed by atoms with E-state index < -0.39 is 5.60 Å². The first kappa shape index (κ1) is 59.0. The normalized spacial score (nSPS) is 20.4. The van der Waals surface area contributed by atoms with Crippen molar-refractivity contribution in [2.45, 2.75) is 114 Å². The quantitative estimate of drug-likeness (QED) is 0.0560. The molecule has 4 unspecified atom stereocenters. The van der Waals surface area contributed by atoms with E-state index in [2.05, 4.69) is 61.5 Å². The van der Waals surface area contributed by atoms with E-state index in [9.17, 15) is 19.2 Å². The summed E-state index contributed by atoms with van der Waals surface area (Å²) in [7, 11) is 0. The Kier molecular flexibility index (Phi) is 18.6. The number of hydrogen-bond donors (Lipinski definition) is 7. The van der Waals surface area contributed by atoms with Crippen molar-refractivity contribution in [2.24, 2.45) is 5.73 Å². The van der Waals surface area contributed by atoms with Gasteiger partial charge in [0.1, 0.15) is 5.60 Å². The zero-order valence-electron chi connectivity index (χ0n) is 48.7. The van der Waals surface area contributed by atoms with Gasteiger partial charge in [0.25, 0.3) is 0 Å². The van der Waals surface area contributed by atoms with Gasteiger partial charge in [-0.25, -0.2) is 9.59 Å². The summed E-state index contributed by atoms with van der Waals surface area (Å²) in [6.07, 6.45) is 14.9. The molecule has 6 aliphatic rings. The number of aromatic nitrogens is 8. The Balaban J connectivity index is 0.000000179. The van der Waals surface area contributed by atoms with Crippen LogP contribution in [-0.4, -0.2) is 171 Å². The minimum absolute atomic E-state index is 0.181. The lowest BCUT2D eigenvalue weighted by molar-refractivity contribution is -0.153. The monoisotopic (exact) mass is 1170 g/mol. The van der Waals surface area contributed by atoms with Gasteiger partial charge in [0.15, 0.2) is 11.6 Å². The number of ether oxygens (including phenoxy) is 3. The molecule has 12 rings (SSSR count). The van der Waals surface area contributed by atoms with Crippen molar-refractivity contribution >= 4 is 70.5 Å². The average Bonchev–Trinajstić information content (AvgIpc) is 2.54. The molecule has 0 saturated carbocycles. The molecule has 2 aromatic carbocycles. The first-order valence-electron chi connectivity index (χ1n) is 29.6. The summed E-state index contributed by atoms with van der Waals surface area (Å²) in [5.74, 6) is 3.13. The number of carbonyl (C=O) groups is 4. The van der Waals surface area contributed by atoms with E-state index in [1.807, 2.05) is 69.3 Å². The van der Waals surface area contributed by atoms with E-state index in [0.717, 1.165) is 115 Å². The molecular weight excluding hydrogens is 1100 g/mol. The van der Waals surface area contributed by atoms with Crippen LogP contribution in [0.1, 0.15) is 72.1 Å². The summed E-state index contributed by atoms with van der Waals surface area (Å²) >= 11 is 0. The highest BCUT2D eigenvalue weighted by Gasteiger charge is 2.37. The molecular formula is C60H75N19O7. The van der Waals surface area contributed by atoms with Crippen molar-refractivity contribution in [3.8, 4) is 22.8 Å². The number of nitrogens with one attached hydrogen (secondary N) is 6. The molecule has 4 atom stereocenters. The maximum Gasteiger partial charge on any atom is 0.323 e. The molecule has 26 heteroatoms. The zero-order chi connectivity index (χ0) is 59.6. The summed E-state index contributed by atoms with van der Waals surface area (Å²) < 4.78 is 17.5. The molecule has 4 bridgehead atoms. The summed E-state index contributed by atoms with van der Waals surface area (Å²) in [6.45, 7) is 12.0. The molecule has 10 heterocycles. The van der Waals surface area contributed by atoms with Crippen LogP contribution in [0.3, 0.4) is 0 Å². The third kappa shape index (κ3) is 16.2. The van der Waals surface area contributed by atoms with Crippen LogP contribution in [0.25, 0.3) is 22.8 Å². The second-order valence-electron chi connectivity index (χ2n) is 23.4. The number of primary amides is 1. The summed E-state index contributed by atoms with van der Waals surface area (Å²) in [5.41, 5.74) is 9.05. The van der Waals surface area contributed by atoms with Gasteiger partial charge in [0.05, 0.1) is 37.5 Å². The maximum absolute atomic E-state index is 12.5. The van der Waals surface area contributed by atoms with E-state index in [4.69, 9.17) is 49.8 Å². The number of piperidine rings is 2. The van der Waals surface area contributed by atoms with E-state index in [1.54, 1.807) is 49.1 Å². The molecule has 6 fully saturated rings. The van der Waals surface area contributed by atoms with Crippen molar-refractivity contribution in [3.05, 3.63) is 97.6 Å². The SMILES string of the molecule is CC(C)(C)OC(=O)CNC1CCN(c2nc(-c3ccc(NC(=O)Nc4ccncc4)cc3)nc(N3CC4CCC(C3)O4)n2)CC1.NC(=O)CNC1CCN(c2nc(-c3ccc(NC(=O)Nc4ccncc4)cc3)nc(N3CC4CCC(C3)O4)n2)CC1. The molecule has 0 radical (unpaired) electrons. The fourth-order valence-corrected chi connectivity index (χ4v) is 11.4. The van der Waals surface area contributed by atoms with Gasteiger partial charge in [-0.05, 0) is 145 Å². The van der Waals surface area contributed by atoms with Crippen molar-refractivity contribution in [2.75, 3.05) is 106 Å². The third-order valence-corrected chi connectivity index (χ3v) is 15.6. The van der Waals surface area contributed by atoms with Crippen molar-refractivity contribution < 1.29 is 33.4 Å². The van der Waals surface area contributed by atoms with Gasteiger partial charge in [0.2, 0.25) is 29.7 Å². The second-order valence-corrected chi connectivity index (χ2v) is 23.4. The van der Waals surface area contributed by atoms with Crippen molar-refractivity contribution in [3.63, 3.8) is 0 Å². The number of benzene rings is 2. The van der Waals surface area contributed by atoms with Gasteiger partial charge < -0.3 is 71.4 Å². The minimum Gasteiger partial charge on any atom is -0.459 e. The number of urea groups is 2. The van der Waals surface area contributed by atoms with Crippen LogP contribution < -0.4 is 57.2 Å². The second kappa shape index (κ2) is 27.1. The van der Waals surface area contributed by atoms with E-state index >= 15 is 0 Å². The van der Waals surface area contributed by atoms with Crippen molar-refractivity contribution in [1.82, 2.24) is 50.5 Å². The molecule has 0 aliphatic carbocycles. The van der Waals surface area contributed by atoms with Gasteiger partial charge in [-0.15, -0.1) is 0 Å². The molecule has 0 spiro atoms. The lowest BCUT2D eigenvalue weighted by Crippen LogP contribution is -2.46. The predicted molar refractivity (Wildman–Crippen MR) is 326 cm³/mol. The number of morpholine rings is 2. The molecule has 4 aromatic heterocycles. The largest absolute Gasteiger partial charge is 0.459 e. The van der Waals surface area contributed by atoms with E-state index in [1.165, 1.54) is 0 Å². The zero-order valence-corrected chi connectivity index (χ0v) is 48.7. The standard InChI is InChI=1S/C32H41N9O4.C28H34N10O3/c1-32(2,3)45-27(42)18-34-22-12-16-40(17-13-22)29-37-28(38-30(39-29)41-19-25-8-9-26(20-41)44-25)21-4-6-23(7-5-21)35-31(43)36-24-10-14-33-15-11-24;29-24(39)15-31-19-9-13-37(14-10-19)26-34-25(35-27(36-26)38-16-22-5-6-23(17-38)41-22)18-1-3-20(4-2-18)32-28(40)33-21-7-11-30-12-8-21/h4-7,10-11,14-15,22,25-26,34H,8-9,12-13,16-20H2,1-3H3,(H2,33,35,36,43);1-4,7-8,11-12,19,22-23,31H,5-6,9-10,13-17H2,(H2,29,39)(H2,30,32,33,40). The highest BCUT2D eigenvalue weighted by atomic mass is 16.6. The van der Waals surface area contributed by atoms with Crippen LogP contribution in [0.2, 0.25) is 0 Å². The Morgan fingerprint density at radius 2 is 0.814 bits per heavy atom. The Bertz CT molecular complexity index is 3250. The maximum atomic E-state index is 12.5. The van der Waals surface area contributed by atoms with Gasteiger partial charge in [0, 0.05) is 123 Å². The molecule has 8 N–H and O–H groups in total. The third-order valence-electron chi connectivity index (χ3n) is 15.6. The summed E-state index contributed by atoms with van der Waals surface area (Å²) in [4.78, 5) is 94.4. The number of nitrogens with zero attached hydrogens (tertiary/aromatic N) is 12. The Morgan fingerprint density at radius 3 is 1.16 bits per heavy atom. The Labute approximate surface area is 499 Å². The fraction of sp³-hybridized carbons (Fsp3) is 0.467. The molecule has 86 heavy (non-hydrogen) atoms. The lowest BCUT2D eigenvalue weighted by atomic mass is 10.1. The number of esters is 1. The number of fused-ring (bicyclic) bond motifs is 4. The molecule has 5 amide bonds. The number of anilines is 8. The summed E-state index contributed by atoms with van der Waals surface area (Å²) in [5, 5.41) is 17.9. The number of amides is 5. The Hall–Kier alpha value is -8.72.